The number of hydrogen-bond acceptors (Lipinski definition) is 2. The second-order valence-electron chi connectivity index (χ2n) is 5.41. The Morgan fingerprint density at radius 3 is 2.68 bits per heavy atom. The van der Waals surface area contributed by atoms with Gasteiger partial charge >= 0.3 is 0 Å². The summed E-state index contributed by atoms with van der Waals surface area (Å²) in [6, 6.07) is 6.75. The summed E-state index contributed by atoms with van der Waals surface area (Å²) >= 11 is 6.48. The van der Waals surface area contributed by atoms with Crippen molar-refractivity contribution in [2.24, 2.45) is 0 Å². The van der Waals surface area contributed by atoms with E-state index in [1.165, 1.54) is 30.4 Å². The molecular formula is C16H25ClN2. The molecule has 1 saturated heterocycles. The molecule has 1 N–H and O–H groups in total. The summed E-state index contributed by atoms with van der Waals surface area (Å²) in [5, 5.41) is 4.36. The molecule has 0 spiro atoms. The smallest absolute Gasteiger partial charge is 0.0456 e. The third-order valence-corrected chi connectivity index (χ3v) is 4.36. The van der Waals surface area contributed by atoms with Crippen LogP contribution >= 0.6 is 11.6 Å². The number of benzene rings is 1. The van der Waals surface area contributed by atoms with E-state index in [1.807, 2.05) is 6.07 Å². The minimum absolute atomic E-state index is 0.482. The maximum atomic E-state index is 6.48. The van der Waals surface area contributed by atoms with Gasteiger partial charge in [-0.2, -0.15) is 0 Å². The Kier molecular flexibility index (Phi) is 5.68. The van der Waals surface area contributed by atoms with E-state index in [4.69, 9.17) is 11.6 Å². The molecule has 0 unspecified atom stereocenters. The van der Waals surface area contributed by atoms with Crippen molar-refractivity contribution in [3.63, 3.8) is 0 Å². The molecule has 0 amide bonds. The molecule has 106 valence electrons. The number of halogens is 1. The summed E-state index contributed by atoms with van der Waals surface area (Å²) in [5.41, 5.74) is 2.67. The van der Waals surface area contributed by atoms with Gasteiger partial charge in [0.15, 0.2) is 0 Å². The maximum absolute atomic E-state index is 6.48. The molecule has 1 aromatic carbocycles. The van der Waals surface area contributed by atoms with Crippen LogP contribution in [0, 0.1) is 6.92 Å². The van der Waals surface area contributed by atoms with E-state index in [-0.39, 0.29) is 0 Å². The van der Waals surface area contributed by atoms with Gasteiger partial charge in [0.2, 0.25) is 0 Å². The lowest BCUT2D eigenvalue weighted by Crippen LogP contribution is -2.45. The number of hydrogen-bond donors (Lipinski definition) is 1. The van der Waals surface area contributed by atoms with Crippen molar-refractivity contribution in [1.29, 1.82) is 0 Å². The number of rotatable bonds is 5. The Morgan fingerprint density at radius 2 is 2.05 bits per heavy atom. The third kappa shape index (κ3) is 3.71. The van der Waals surface area contributed by atoms with Gasteiger partial charge in [0.05, 0.1) is 0 Å². The lowest BCUT2D eigenvalue weighted by atomic mass is 9.95. The van der Waals surface area contributed by atoms with Crippen molar-refractivity contribution in [3.8, 4) is 0 Å². The molecule has 0 saturated carbocycles. The first-order valence-electron chi connectivity index (χ1n) is 7.43. The first kappa shape index (κ1) is 14.8. The molecule has 1 aromatic rings. The molecule has 1 fully saturated rings. The standard InChI is InChI=1S/C16H25ClN2/c1-3-4-8-15(19-11-9-18-10-12-19)16-13(2)6-5-7-14(16)17/h5-7,15,18H,3-4,8-12H2,1-2H3/t15-/m0/s1. The molecule has 1 atom stereocenters. The van der Waals surface area contributed by atoms with E-state index in [1.54, 1.807) is 0 Å². The fourth-order valence-electron chi connectivity index (χ4n) is 2.97. The van der Waals surface area contributed by atoms with Crippen molar-refractivity contribution in [2.75, 3.05) is 26.2 Å². The summed E-state index contributed by atoms with van der Waals surface area (Å²) in [5.74, 6) is 0. The van der Waals surface area contributed by atoms with Gasteiger partial charge in [-0.05, 0) is 30.5 Å². The molecule has 1 aliphatic rings. The van der Waals surface area contributed by atoms with Crippen LogP contribution in [0.5, 0.6) is 0 Å². The van der Waals surface area contributed by atoms with Crippen molar-refractivity contribution in [2.45, 2.75) is 39.2 Å². The third-order valence-electron chi connectivity index (χ3n) is 4.03. The second kappa shape index (κ2) is 7.28. The van der Waals surface area contributed by atoms with Crippen LogP contribution in [0.4, 0.5) is 0 Å². The summed E-state index contributed by atoms with van der Waals surface area (Å²) in [6.45, 7) is 8.87. The van der Waals surface area contributed by atoms with Crippen molar-refractivity contribution >= 4 is 11.6 Å². The van der Waals surface area contributed by atoms with Crippen LogP contribution in [-0.4, -0.2) is 31.1 Å². The summed E-state index contributed by atoms with van der Waals surface area (Å²) in [6.07, 6.45) is 3.71. The van der Waals surface area contributed by atoms with Crippen molar-refractivity contribution in [3.05, 3.63) is 34.3 Å². The van der Waals surface area contributed by atoms with E-state index >= 15 is 0 Å². The Labute approximate surface area is 122 Å². The highest BCUT2D eigenvalue weighted by Crippen LogP contribution is 2.34. The molecule has 3 heteroatoms. The average Bonchev–Trinajstić information content (AvgIpc) is 2.43. The van der Waals surface area contributed by atoms with Crippen LogP contribution < -0.4 is 5.32 Å². The SMILES string of the molecule is CCCC[C@@H](c1c(C)cccc1Cl)N1CCNCC1. The molecule has 0 bridgehead atoms. The van der Waals surface area contributed by atoms with Crippen LogP contribution in [-0.2, 0) is 0 Å². The topological polar surface area (TPSA) is 15.3 Å². The molecule has 2 nitrogen and oxygen atoms in total. The quantitative estimate of drug-likeness (QED) is 0.883. The van der Waals surface area contributed by atoms with Crippen LogP contribution in [0.1, 0.15) is 43.4 Å². The normalized spacial score (nSPS) is 18.5. The van der Waals surface area contributed by atoms with Gasteiger partial charge in [0.25, 0.3) is 0 Å². The monoisotopic (exact) mass is 280 g/mol. The minimum atomic E-state index is 0.482. The number of nitrogens with one attached hydrogen (secondary N) is 1. The lowest BCUT2D eigenvalue weighted by molar-refractivity contribution is 0.163. The predicted molar refractivity (Wildman–Crippen MR) is 82.9 cm³/mol. The van der Waals surface area contributed by atoms with Crippen LogP contribution in [0.15, 0.2) is 18.2 Å². The van der Waals surface area contributed by atoms with Gasteiger partial charge in [-0.15, -0.1) is 0 Å². The van der Waals surface area contributed by atoms with Crippen LogP contribution in [0.2, 0.25) is 5.02 Å². The fourth-order valence-corrected chi connectivity index (χ4v) is 3.32. The fraction of sp³-hybridized carbons (Fsp3) is 0.625. The molecular weight excluding hydrogens is 256 g/mol. The van der Waals surface area contributed by atoms with Gasteiger partial charge < -0.3 is 5.32 Å². The van der Waals surface area contributed by atoms with E-state index < -0.39 is 0 Å². The highest BCUT2D eigenvalue weighted by molar-refractivity contribution is 6.31. The Hall–Kier alpha value is -0.570. The highest BCUT2D eigenvalue weighted by atomic mass is 35.5. The molecule has 0 aromatic heterocycles. The summed E-state index contributed by atoms with van der Waals surface area (Å²) < 4.78 is 0. The predicted octanol–water partition coefficient (Wildman–Crippen LogP) is 3.78. The largest absolute Gasteiger partial charge is 0.314 e. The van der Waals surface area contributed by atoms with Crippen molar-refractivity contribution in [1.82, 2.24) is 10.2 Å². The molecule has 1 aliphatic heterocycles. The van der Waals surface area contributed by atoms with E-state index in [0.29, 0.717) is 6.04 Å². The Morgan fingerprint density at radius 1 is 1.32 bits per heavy atom. The zero-order valence-electron chi connectivity index (χ0n) is 12.1. The van der Waals surface area contributed by atoms with E-state index in [2.05, 4.69) is 36.2 Å². The van der Waals surface area contributed by atoms with Gasteiger partial charge in [0, 0.05) is 37.2 Å². The van der Waals surface area contributed by atoms with Crippen LogP contribution in [0.3, 0.4) is 0 Å². The Bertz CT molecular complexity index is 379. The molecule has 0 radical (unpaired) electrons. The van der Waals surface area contributed by atoms with E-state index in [0.717, 1.165) is 31.2 Å². The number of unbranched alkanes of at least 4 members (excludes halogenated alkanes) is 1. The first-order chi connectivity index (χ1) is 9.24. The van der Waals surface area contributed by atoms with Crippen molar-refractivity contribution < 1.29 is 0 Å². The van der Waals surface area contributed by atoms with Gasteiger partial charge in [-0.1, -0.05) is 43.5 Å². The number of piperazine rings is 1. The number of aryl methyl sites for hydroxylation is 1. The molecule has 19 heavy (non-hydrogen) atoms. The van der Waals surface area contributed by atoms with E-state index in [9.17, 15) is 0 Å². The molecule has 2 rings (SSSR count). The lowest BCUT2D eigenvalue weighted by Gasteiger charge is -2.36. The van der Waals surface area contributed by atoms with Gasteiger partial charge in [-0.25, -0.2) is 0 Å². The zero-order chi connectivity index (χ0) is 13.7. The zero-order valence-corrected chi connectivity index (χ0v) is 12.8. The van der Waals surface area contributed by atoms with Gasteiger partial charge in [0.1, 0.15) is 0 Å². The van der Waals surface area contributed by atoms with Crippen LogP contribution in [0.25, 0.3) is 0 Å². The highest BCUT2D eigenvalue weighted by Gasteiger charge is 2.24. The molecule has 0 aliphatic carbocycles. The first-order valence-corrected chi connectivity index (χ1v) is 7.81. The average molecular weight is 281 g/mol. The Balaban J connectivity index is 2.25. The number of nitrogens with zero attached hydrogens (tertiary/aromatic N) is 1. The summed E-state index contributed by atoms with van der Waals surface area (Å²) in [7, 11) is 0. The molecule has 1 heterocycles. The van der Waals surface area contributed by atoms with Gasteiger partial charge in [-0.3, -0.25) is 4.90 Å². The second-order valence-corrected chi connectivity index (χ2v) is 5.82. The maximum Gasteiger partial charge on any atom is 0.0456 e. The summed E-state index contributed by atoms with van der Waals surface area (Å²) in [4.78, 5) is 2.60. The minimum Gasteiger partial charge on any atom is -0.314 e.